The number of nitrogens with two attached hydrogens (primary N) is 1. The van der Waals surface area contributed by atoms with Crippen LogP contribution in [-0.2, 0) is 6.54 Å². The summed E-state index contributed by atoms with van der Waals surface area (Å²) < 4.78 is 2.15. The summed E-state index contributed by atoms with van der Waals surface area (Å²) >= 11 is 0. The first-order chi connectivity index (χ1) is 8.28. The van der Waals surface area contributed by atoms with Crippen LogP contribution in [0, 0.1) is 17.8 Å². The Labute approximate surface area is 102 Å². The highest BCUT2D eigenvalue weighted by Crippen LogP contribution is 2.48. The van der Waals surface area contributed by atoms with Gasteiger partial charge in [0.25, 0.3) is 0 Å². The van der Waals surface area contributed by atoms with Gasteiger partial charge in [0.05, 0.1) is 24.7 Å². The largest absolute Gasteiger partial charge is 0.394 e. The standard InChI is InChI=1S/C13H21N3O/c14-12(7-17)13-5-15-8-16(13)6-11-4-9-1-2-10(11)3-9/h5,8-12,17H,1-4,6-7,14H2. The lowest BCUT2D eigenvalue weighted by Crippen LogP contribution is -2.23. The Morgan fingerprint density at radius 3 is 3.00 bits per heavy atom. The number of rotatable bonds is 4. The van der Waals surface area contributed by atoms with Crippen LogP contribution >= 0.6 is 0 Å². The second-order valence-electron chi connectivity index (χ2n) is 5.69. The van der Waals surface area contributed by atoms with Gasteiger partial charge in [-0.15, -0.1) is 0 Å². The number of imidazole rings is 1. The van der Waals surface area contributed by atoms with Gasteiger partial charge in [0, 0.05) is 12.7 Å². The molecule has 4 heteroatoms. The van der Waals surface area contributed by atoms with Gasteiger partial charge in [-0.1, -0.05) is 6.42 Å². The fourth-order valence-corrected chi connectivity index (χ4v) is 3.74. The second kappa shape index (κ2) is 4.42. The minimum atomic E-state index is -0.295. The van der Waals surface area contributed by atoms with E-state index in [2.05, 4.69) is 9.55 Å². The molecule has 1 heterocycles. The SMILES string of the molecule is NC(CO)c1cncn1CC1CC2CCC1C2. The molecule has 1 aromatic heterocycles. The predicted molar refractivity (Wildman–Crippen MR) is 65.2 cm³/mol. The quantitative estimate of drug-likeness (QED) is 0.827. The molecule has 2 aliphatic rings. The van der Waals surface area contributed by atoms with E-state index in [9.17, 15) is 0 Å². The molecule has 3 rings (SSSR count). The summed E-state index contributed by atoms with van der Waals surface area (Å²) in [6.07, 6.45) is 9.29. The van der Waals surface area contributed by atoms with Gasteiger partial charge in [-0.3, -0.25) is 0 Å². The van der Waals surface area contributed by atoms with Crippen molar-refractivity contribution in [3.8, 4) is 0 Å². The van der Waals surface area contributed by atoms with E-state index in [0.29, 0.717) is 0 Å². The minimum absolute atomic E-state index is 0.0115. The molecule has 4 nitrogen and oxygen atoms in total. The van der Waals surface area contributed by atoms with Crippen molar-refractivity contribution >= 4 is 0 Å². The molecule has 2 fully saturated rings. The van der Waals surface area contributed by atoms with Gasteiger partial charge in [-0.05, 0) is 37.0 Å². The molecule has 0 saturated heterocycles. The van der Waals surface area contributed by atoms with Crippen LogP contribution in [0.3, 0.4) is 0 Å². The zero-order valence-electron chi connectivity index (χ0n) is 10.1. The number of aliphatic hydroxyl groups excluding tert-OH is 1. The van der Waals surface area contributed by atoms with Crippen molar-refractivity contribution in [2.45, 2.75) is 38.3 Å². The summed E-state index contributed by atoms with van der Waals surface area (Å²) in [5.74, 6) is 2.69. The maximum absolute atomic E-state index is 9.13. The van der Waals surface area contributed by atoms with Crippen molar-refractivity contribution in [2.75, 3.05) is 6.61 Å². The minimum Gasteiger partial charge on any atom is -0.394 e. The van der Waals surface area contributed by atoms with E-state index in [1.54, 1.807) is 6.20 Å². The molecule has 2 bridgehead atoms. The zero-order valence-corrected chi connectivity index (χ0v) is 10.1. The average molecular weight is 235 g/mol. The van der Waals surface area contributed by atoms with Crippen LogP contribution < -0.4 is 5.73 Å². The summed E-state index contributed by atoms with van der Waals surface area (Å²) in [5.41, 5.74) is 6.85. The molecule has 94 valence electrons. The number of aromatic nitrogens is 2. The van der Waals surface area contributed by atoms with E-state index in [1.165, 1.54) is 25.7 Å². The van der Waals surface area contributed by atoms with Gasteiger partial charge in [0.1, 0.15) is 0 Å². The zero-order chi connectivity index (χ0) is 11.8. The molecule has 1 aromatic rings. The van der Waals surface area contributed by atoms with Crippen LogP contribution in [0.15, 0.2) is 12.5 Å². The lowest BCUT2D eigenvalue weighted by Gasteiger charge is -2.23. The van der Waals surface area contributed by atoms with Crippen molar-refractivity contribution in [3.05, 3.63) is 18.2 Å². The van der Waals surface area contributed by atoms with Crippen LogP contribution in [0.2, 0.25) is 0 Å². The second-order valence-corrected chi connectivity index (χ2v) is 5.69. The Bertz CT molecular complexity index is 390. The summed E-state index contributed by atoms with van der Waals surface area (Å²) in [6.45, 7) is 1.02. The molecule has 0 aliphatic heterocycles. The Balaban J connectivity index is 1.71. The van der Waals surface area contributed by atoms with Crippen molar-refractivity contribution in [3.63, 3.8) is 0 Å². The van der Waals surface area contributed by atoms with E-state index in [0.717, 1.165) is 30.0 Å². The maximum atomic E-state index is 9.13. The lowest BCUT2D eigenvalue weighted by atomic mass is 9.89. The molecule has 4 unspecified atom stereocenters. The number of hydrogen-bond acceptors (Lipinski definition) is 3. The monoisotopic (exact) mass is 235 g/mol. The number of fused-ring (bicyclic) bond motifs is 2. The average Bonchev–Trinajstić information content (AvgIpc) is 3.03. The van der Waals surface area contributed by atoms with Crippen LogP contribution in [0.4, 0.5) is 0 Å². The molecule has 0 aromatic carbocycles. The predicted octanol–water partition coefficient (Wildman–Crippen LogP) is 1.31. The molecule has 0 amide bonds. The molecular formula is C13H21N3O. The van der Waals surface area contributed by atoms with E-state index in [1.807, 2.05) is 6.33 Å². The number of nitrogens with zero attached hydrogens (tertiary/aromatic N) is 2. The summed E-state index contributed by atoms with van der Waals surface area (Å²) in [5, 5.41) is 9.13. The summed E-state index contributed by atoms with van der Waals surface area (Å²) in [7, 11) is 0. The van der Waals surface area contributed by atoms with Gasteiger partial charge in [-0.2, -0.15) is 0 Å². The van der Waals surface area contributed by atoms with Crippen LogP contribution in [0.25, 0.3) is 0 Å². The number of aliphatic hydroxyl groups is 1. The first kappa shape index (κ1) is 11.2. The molecule has 0 spiro atoms. The molecule has 0 radical (unpaired) electrons. The van der Waals surface area contributed by atoms with E-state index in [-0.39, 0.29) is 12.6 Å². The Hall–Kier alpha value is -0.870. The van der Waals surface area contributed by atoms with Crippen molar-refractivity contribution in [1.82, 2.24) is 9.55 Å². The lowest BCUT2D eigenvalue weighted by molar-refractivity contribution is 0.255. The highest BCUT2D eigenvalue weighted by molar-refractivity contribution is 5.05. The maximum Gasteiger partial charge on any atom is 0.0948 e. The molecular weight excluding hydrogens is 214 g/mol. The first-order valence-corrected chi connectivity index (χ1v) is 6.64. The molecule has 4 atom stereocenters. The van der Waals surface area contributed by atoms with Crippen molar-refractivity contribution in [1.29, 1.82) is 0 Å². The van der Waals surface area contributed by atoms with Crippen LogP contribution in [-0.4, -0.2) is 21.3 Å². The van der Waals surface area contributed by atoms with Crippen LogP contribution in [0.5, 0.6) is 0 Å². The van der Waals surface area contributed by atoms with E-state index in [4.69, 9.17) is 10.8 Å². The summed E-state index contributed by atoms with van der Waals surface area (Å²) in [6, 6.07) is -0.295. The first-order valence-electron chi connectivity index (χ1n) is 6.64. The fraction of sp³-hybridized carbons (Fsp3) is 0.769. The van der Waals surface area contributed by atoms with Crippen LogP contribution in [0.1, 0.15) is 37.4 Å². The fourth-order valence-electron chi connectivity index (χ4n) is 3.74. The molecule has 2 saturated carbocycles. The van der Waals surface area contributed by atoms with Gasteiger partial charge >= 0.3 is 0 Å². The normalized spacial score (nSPS) is 33.2. The van der Waals surface area contributed by atoms with Gasteiger partial charge in [-0.25, -0.2) is 4.98 Å². The smallest absolute Gasteiger partial charge is 0.0948 e. The van der Waals surface area contributed by atoms with Gasteiger partial charge in [0.15, 0.2) is 0 Å². The van der Waals surface area contributed by atoms with E-state index >= 15 is 0 Å². The molecule has 17 heavy (non-hydrogen) atoms. The Kier molecular flexibility index (Phi) is 2.92. The van der Waals surface area contributed by atoms with Crippen molar-refractivity contribution in [2.24, 2.45) is 23.5 Å². The third-order valence-electron chi connectivity index (χ3n) is 4.64. The Morgan fingerprint density at radius 1 is 1.47 bits per heavy atom. The van der Waals surface area contributed by atoms with Gasteiger partial charge in [0.2, 0.25) is 0 Å². The highest BCUT2D eigenvalue weighted by atomic mass is 16.3. The summed E-state index contributed by atoms with van der Waals surface area (Å²) in [4.78, 5) is 4.17. The Morgan fingerprint density at radius 2 is 2.35 bits per heavy atom. The topological polar surface area (TPSA) is 64.1 Å². The molecule has 2 aliphatic carbocycles. The van der Waals surface area contributed by atoms with Gasteiger partial charge < -0.3 is 15.4 Å². The highest BCUT2D eigenvalue weighted by Gasteiger charge is 2.39. The number of hydrogen-bond donors (Lipinski definition) is 2. The molecule has 3 N–H and O–H groups in total. The third-order valence-corrected chi connectivity index (χ3v) is 4.64. The van der Waals surface area contributed by atoms with E-state index < -0.39 is 0 Å². The van der Waals surface area contributed by atoms with Crippen molar-refractivity contribution < 1.29 is 5.11 Å². The third kappa shape index (κ3) is 2.00.